The molecule has 0 radical (unpaired) electrons. The predicted molar refractivity (Wildman–Crippen MR) is 111 cm³/mol. The van der Waals surface area contributed by atoms with E-state index in [9.17, 15) is 9.59 Å². The summed E-state index contributed by atoms with van der Waals surface area (Å²) in [6, 6.07) is 19.4. The van der Waals surface area contributed by atoms with Crippen molar-refractivity contribution >= 4 is 23.2 Å². The van der Waals surface area contributed by atoms with Crippen molar-refractivity contribution in [1.29, 1.82) is 0 Å². The Balaban J connectivity index is 1.68. The Kier molecular flexibility index (Phi) is 4.91. The number of methoxy groups -OCH3 is 1. The predicted octanol–water partition coefficient (Wildman–Crippen LogP) is 4.72. The van der Waals surface area contributed by atoms with Crippen LogP contribution < -0.4 is 19.7 Å². The van der Waals surface area contributed by atoms with E-state index in [2.05, 4.69) is 5.32 Å². The van der Waals surface area contributed by atoms with Crippen molar-refractivity contribution in [2.24, 2.45) is 0 Å². The minimum Gasteiger partial charge on any atom is -0.496 e. The highest BCUT2D eigenvalue weighted by molar-refractivity contribution is 6.11. The fraction of sp³-hybridized carbons (Fsp3) is 0.130. The van der Waals surface area contributed by atoms with Crippen molar-refractivity contribution in [1.82, 2.24) is 0 Å². The van der Waals surface area contributed by atoms with E-state index in [0.717, 1.165) is 5.69 Å². The first-order valence-corrected chi connectivity index (χ1v) is 9.29. The largest absolute Gasteiger partial charge is 0.496 e. The molecule has 29 heavy (non-hydrogen) atoms. The van der Waals surface area contributed by atoms with Gasteiger partial charge >= 0.3 is 0 Å². The second-order valence-electron chi connectivity index (χ2n) is 6.48. The molecule has 0 aliphatic carbocycles. The fourth-order valence-corrected chi connectivity index (χ4v) is 3.35. The highest BCUT2D eigenvalue weighted by Gasteiger charge is 2.27. The molecule has 146 valence electrons. The maximum Gasteiger partial charge on any atom is 0.262 e. The molecular formula is C23H20N2O4. The third-order valence-corrected chi connectivity index (χ3v) is 4.76. The van der Waals surface area contributed by atoms with Crippen molar-refractivity contribution in [2.75, 3.05) is 23.9 Å². The number of ether oxygens (including phenoxy) is 2. The van der Waals surface area contributed by atoms with Crippen LogP contribution in [0, 0.1) is 0 Å². The van der Waals surface area contributed by atoms with Gasteiger partial charge in [-0.3, -0.25) is 9.59 Å². The van der Waals surface area contributed by atoms with Gasteiger partial charge in [0, 0.05) is 12.2 Å². The average Bonchev–Trinajstić information content (AvgIpc) is 2.87. The Morgan fingerprint density at radius 3 is 2.59 bits per heavy atom. The van der Waals surface area contributed by atoms with Crippen molar-refractivity contribution in [2.45, 2.75) is 6.92 Å². The summed E-state index contributed by atoms with van der Waals surface area (Å²) in [5.74, 6) is 1.05. The van der Waals surface area contributed by atoms with Crippen molar-refractivity contribution in [3.8, 4) is 17.2 Å². The molecule has 6 nitrogen and oxygen atoms in total. The number of nitrogens with zero attached hydrogens (tertiary/aromatic N) is 1. The van der Waals surface area contributed by atoms with Gasteiger partial charge in [0.2, 0.25) is 0 Å². The molecule has 1 aliphatic heterocycles. The van der Waals surface area contributed by atoms with Crippen LogP contribution in [-0.2, 0) is 0 Å². The molecule has 2 amide bonds. The van der Waals surface area contributed by atoms with E-state index < -0.39 is 0 Å². The lowest BCUT2D eigenvalue weighted by molar-refractivity contribution is 0.0985. The summed E-state index contributed by atoms with van der Waals surface area (Å²) in [6.07, 6.45) is 0. The highest BCUT2D eigenvalue weighted by atomic mass is 16.5. The summed E-state index contributed by atoms with van der Waals surface area (Å²) >= 11 is 0. The van der Waals surface area contributed by atoms with E-state index >= 15 is 0 Å². The SMILES string of the molecule is CCN1C(=O)c2cc(NC(=O)c3ccccc3OC)ccc2Oc2ccccc21. The lowest BCUT2D eigenvalue weighted by Crippen LogP contribution is -2.29. The molecule has 3 aromatic rings. The maximum atomic E-state index is 13.2. The van der Waals surface area contributed by atoms with Gasteiger partial charge in [0.05, 0.1) is 23.9 Å². The Morgan fingerprint density at radius 1 is 1.03 bits per heavy atom. The normalized spacial score (nSPS) is 12.3. The van der Waals surface area contributed by atoms with Gasteiger partial charge in [0.1, 0.15) is 11.5 Å². The molecule has 1 N–H and O–H groups in total. The number of hydrogen-bond acceptors (Lipinski definition) is 4. The van der Waals surface area contributed by atoms with Gasteiger partial charge in [-0.15, -0.1) is 0 Å². The summed E-state index contributed by atoms with van der Waals surface area (Å²) in [5, 5.41) is 2.83. The molecule has 0 fully saturated rings. The second-order valence-corrected chi connectivity index (χ2v) is 6.48. The molecule has 0 saturated carbocycles. The Labute approximate surface area is 168 Å². The van der Waals surface area contributed by atoms with E-state index in [-0.39, 0.29) is 11.8 Å². The molecule has 0 saturated heterocycles. The minimum atomic E-state index is -0.319. The summed E-state index contributed by atoms with van der Waals surface area (Å²) < 4.78 is 11.2. The Morgan fingerprint density at radius 2 is 1.79 bits per heavy atom. The monoisotopic (exact) mass is 388 g/mol. The number of benzene rings is 3. The van der Waals surface area contributed by atoms with Crippen LogP contribution >= 0.6 is 0 Å². The molecule has 6 heteroatoms. The first-order chi connectivity index (χ1) is 14.1. The van der Waals surface area contributed by atoms with E-state index in [1.165, 1.54) is 7.11 Å². The second kappa shape index (κ2) is 7.67. The van der Waals surface area contributed by atoms with E-state index in [1.54, 1.807) is 47.4 Å². The van der Waals surface area contributed by atoms with Gasteiger partial charge in [0.15, 0.2) is 5.75 Å². The smallest absolute Gasteiger partial charge is 0.262 e. The lowest BCUT2D eigenvalue weighted by atomic mass is 10.1. The summed E-state index contributed by atoms with van der Waals surface area (Å²) in [4.78, 5) is 27.5. The average molecular weight is 388 g/mol. The molecule has 0 aromatic heterocycles. The van der Waals surface area contributed by atoms with Gasteiger partial charge in [-0.2, -0.15) is 0 Å². The quantitative estimate of drug-likeness (QED) is 0.702. The number of nitrogens with one attached hydrogen (secondary N) is 1. The molecule has 4 rings (SSSR count). The topological polar surface area (TPSA) is 67.9 Å². The van der Waals surface area contributed by atoms with Crippen LogP contribution in [0.4, 0.5) is 11.4 Å². The van der Waals surface area contributed by atoms with Gasteiger partial charge in [-0.25, -0.2) is 0 Å². The zero-order valence-corrected chi connectivity index (χ0v) is 16.1. The first kappa shape index (κ1) is 18.6. The van der Waals surface area contributed by atoms with Gasteiger partial charge < -0.3 is 19.7 Å². The van der Waals surface area contributed by atoms with Crippen molar-refractivity contribution in [3.05, 3.63) is 77.9 Å². The lowest BCUT2D eigenvalue weighted by Gasteiger charge is -2.19. The fourth-order valence-electron chi connectivity index (χ4n) is 3.35. The van der Waals surface area contributed by atoms with E-state index in [0.29, 0.717) is 40.6 Å². The number of carbonyl (C=O) groups excluding carboxylic acids is 2. The molecular weight excluding hydrogens is 368 g/mol. The number of carbonyl (C=O) groups is 2. The molecule has 0 spiro atoms. The standard InChI is InChI=1S/C23H20N2O4/c1-3-25-18-9-5-7-11-21(18)29-20-13-12-15(14-17(20)23(25)27)24-22(26)16-8-4-6-10-19(16)28-2/h4-14H,3H2,1-2H3,(H,24,26). The number of rotatable bonds is 4. The molecule has 0 unspecified atom stereocenters. The highest BCUT2D eigenvalue weighted by Crippen LogP contribution is 2.39. The van der Waals surface area contributed by atoms with Crippen LogP contribution in [-0.4, -0.2) is 25.5 Å². The van der Waals surface area contributed by atoms with Crippen LogP contribution in [0.15, 0.2) is 66.7 Å². The van der Waals surface area contributed by atoms with Crippen LogP contribution in [0.5, 0.6) is 17.2 Å². The van der Waals surface area contributed by atoms with Gasteiger partial charge in [0.25, 0.3) is 11.8 Å². The minimum absolute atomic E-state index is 0.180. The molecule has 3 aromatic carbocycles. The molecule has 1 aliphatic rings. The third-order valence-electron chi connectivity index (χ3n) is 4.76. The Bertz CT molecular complexity index is 1090. The molecule has 1 heterocycles. The molecule has 0 atom stereocenters. The van der Waals surface area contributed by atoms with Crippen LogP contribution in [0.1, 0.15) is 27.6 Å². The number of amides is 2. The zero-order valence-electron chi connectivity index (χ0n) is 16.1. The Hall–Kier alpha value is -3.80. The van der Waals surface area contributed by atoms with E-state index in [1.807, 2.05) is 31.2 Å². The summed E-state index contributed by atoms with van der Waals surface area (Å²) in [6.45, 7) is 2.41. The van der Waals surface area contributed by atoms with E-state index in [4.69, 9.17) is 9.47 Å². The van der Waals surface area contributed by atoms with Crippen LogP contribution in [0.3, 0.4) is 0 Å². The number of hydrogen-bond donors (Lipinski definition) is 1. The van der Waals surface area contributed by atoms with Gasteiger partial charge in [-0.1, -0.05) is 24.3 Å². The maximum absolute atomic E-state index is 13.2. The van der Waals surface area contributed by atoms with Crippen LogP contribution in [0.2, 0.25) is 0 Å². The zero-order chi connectivity index (χ0) is 20.4. The third kappa shape index (κ3) is 3.40. The molecule has 0 bridgehead atoms. The van der Waals surface area contributed by atoms with Crippen LogP contribution in [0.25, 0.3) is 0 Å². The van der Waals surface area contributed by atoms with Gasteiger partial charge in [-0.05, 0) is 49.4 Å². The van der Waals surface area contributed by atoms with Crippen molar-refractivity contribution < 1.29 is 19.1 Å². The number of fused-ring (bicyclic) bond motifs is 2. The first-order valence-electron chi connectivity index (χ1n) is 9.29. The van der Waals surface area contributed by atoms with Crippen molar-refractivity contribution in [3.63, 3.8) is 0 Å². The summed E-state index contributed by atoms with van der Waals surface area (Å²) in [7, 11) is 1.52. The summed E-state index contributed by atoms with van der Waals surface area (Å²) in [5.41, 5.74) is 2.02. The number of anilines is 2. The number of para-hydroxylation sites is 3.